The van der Waals surface area contributed by atoms with Gasteiger partial charge in [-0.05, 0) is 13.8 Å². The molecule has 1 amide bonds. The van der Waals surface area contributed by atoms with Crippen LogP contribution in [-0.2, 0) is 29.0 Å². The molecule has 0 spiro atoms. The number of carbonyl (C=O) groups is 1. The minimum absolute atomic E-state index is 0.0229. The largest absolute Gasteiger partial charge is 0.383 e. The number of hydrogen-bond acceptors (Lipinski definition) is 6. The van der Waals surface area contributed by atoms with Crippen LogP contribution >= 0.6 is 11.3 Å². The first kappa shape index (κ1) is 16.6. The van der Waals surface area contributed by atoms with E-state index in [2.05, 4.69) is 15.2 Å². The number of aromatic nitrogens is 4. The van der Waals surface area contributed by atoms with Gasteiger partial charge in [-0.25, -0.2) is 4.98 Å². The van der Waals surface area contributed by atoms with Gasteiger partial charge in [0.05, 0.1) is 30.3 Å². The van der Waals surface area contributed by atoms with Crippen molar-refractivity contribution in [3.63, 3.8) is 0 Å². The number of aryl methyl sites for hydroxylation is 2. The fourth-order valence-corrected chi connectivity index (χ4v) is 2.93. The number of thiazole rings is 1. The molecule has 120 valence electrons. The van der Waals surface area contributed by atoms with E-state index in [1.54, 1.807) is 36.7 Å². The van der Waals surface area contributed by atoms with Crippen LogP contribution in [0, 0.1) is 13.8 Å². The Bertz CT molecular complexity index is 637. The molecule has 0 N–H and O–H groups in total. The van der Waals surface area contributed by atoms with E-state index in [4.69, 9.17) is 4.74 Å². The number of rotatable bonds is 7. The maximum absolute atomic E-state index is 12.3. The maximum Gasteiger partial charge on any atom is 0.228 e. The Labute approximate surface area is 133 Å². The monoisotopic (exact) mass is 323 g/mol. The predicted octanol–water partition coefficient (Wildman–Crippen LogP) is 1.20. The first-order valence-electron chi connectivity index (χ1n) is 7.03. The summed E-state index contributed by atoms with van der Waals surface area (Å²) in [7, 11) is 3.42. The normalized spacial score (nSPS) is 10.9. The van der Waals surface area contributed by atoms with E-state index in [0.717, 1.165) is 21.4 Å². The van der Waals surface area contributed by atoms with Crippen molar-refractivity contribution in [3.05, 3.63) is 27.7 Å². The summed E-state index contributed by atoms with van der Waals surface area (Å²) in [5, 5.41) is 8.96. The smallest absolute Gasteiger partial charge is 0.228 e. The number of likely N-dealkylation sites (N-methyl/N-ethyl adjacent to an activating group) is 1. The molecule has 2 heterocycles. The van der Waals surface area contributed by atoms with Crippen LogP contribution in [0.3, 0.4) is 0 Å². The third-order valence-electron chi connectivity index (χ3n) is 3.35. The molecule has 7 nitrogen and oxygen atoms in total. The molecule has 22 heavy (non-hydrogen) atoms. The molecule has 0 saturated carbocycles. The van der Waals surface area contributed by atoms with Gasteiger partial charge < -0.3 is 14.2 Å². The summed E-state index contributed by atoms with van der Waals surface area (Å²) in [6, 6.07) is 0. The maximum atomic E-state index is 12.3. The number of carbonyl (C=O) groups excluding carboxylic acids is 1. The number of hydrogen-bond donors (Lipinski definition) is 0. The summed E-state index contributed by atoms with van der Waals surface area (Å²) in [5.41, 5.74) is 0.861. The lowest BCUT2D eigenvalue weighted by Crippen LogP contribution is -2.29. The molecule has 0 aliphatic heterocycles. The summed E-state index contributed by atoms with van der Waals surface area (Å²) >= 11 is 1.62. The summed E-state index contributed by atoms with van der Waals surface area (Å²) in [4.78, 5) is 19.5. The van der Waals surface area contributed by atoms with Crippen molar-refractivity contribution in [2.75, 3.05) is 20.8 Å². The van der Waals surface area contributed by atoms with Crippen molar-refractivity contribution in [2.45, 2.75) is 33.4 Å². The van der Waals surface area contributed by atoms with Crippen molar-refractivity contribution in [3.8, 4) is 0 Å². The van der Waals surface area contributed by atoms with E-state index in [-0.39, 0.29) is 5.91 Å². The summed E-state index contributed by atoms with van der Waals surface area (Å²) in [6.45, 7) is 5.62. The van der Waals surface area contributed by atoms with Crippen LogP contribution in [0.5, 0.6) is 0 Å². The lowest BCUT2D eigenvalue weighted by molar-refractivity contribution is -0.129. The summed E-state index contributed by atoms with van der Waals surface area (Å²) in [6.07, 6.45) is 1.97. The molecule has 0 saturated heterocycles. The quantitative estimate of drug-likeness (QED) is 0.765. The van der Waals surface area contributed by atoms with Gasteiger partial charge in [0.2, 0.25) is 5.91 Å². The Morgan fingerprint density at radius 3 is 2.86 bits per heavy atom. The molecule has 0 atom stereocenters. The Morgan fingerprint density at radius 1 is 1.45 bits per heavy atom. The van der Waals surface area contributed by atoms with Crippen molar-refractivity contribution in [1.29, 1.82) is 0 Å². The molecule has 2 aromatic heterocycles. The number of ether oxygens (including phenoxy) is 1. The molecule has 0 aliphatic rings. The van der Waals surface area contributed by atoms with Crippen LogP contribution in [0.2, 0.25) is 0 Å². The fourth-order valence-electron chi connectivity index (χ4n) is 2.09. The van der Waals surface area contributed by atoms with E-state index < -0.39 is 0 Å². The second-order valence-corrected chi connectivity index (χ2v) is 6.50. The lowest BCUT2D eigenvalue weighted by Gasteiger charge is -2.17. The molecule has 0 bridgehead atoms. The SMILES string of the molecule is COCCn1cnnc1CN(C)C(=O)Cc1nc(C)sc1C. The van der Waals surface area contributed by atoms with Crippen LogP contribution in [0.15, 0.2) is 6.33 Å². The highest BCUT2D eigenvalue weighted by molar-refractivity contribution is 7.11. The van der Waals surface area contributed by atoms with Gasteiger partial charge in [0, 0.05) is 25.6 Å². The number of nitrogens with zero attached hydrogens (tertiary/aromatic N) is 5. The zero-order valence-corrected chi connectivity index (χ0v) is 14.2. The second-order valence-electron chi connectivity index (χ2n) is 5.10. The number of methoxy groups -OCH3 is 1. The van der Waals surface area contributed by atoms with Crippen molar-refractivity contribution in [2.24, 2.45) is 0 Å². The Kier molecular flexibility index (Phi) is 5.62. The van der Waals surface area contributed by atoms with Crippen LogP contribution in [0.1, 0.15) is 21.4 Å². The van der Waals surface area contributed by atoms with Gasteiger partial charge in [-0.3, -0.25) is 4.79 Å². The topological polar surface area (TPSA) is 73.1 Å². The molecule has 0 aliphatic carbocycles. The van der Waals surface area contributed by atoms with Gasteiger partial charge in [0.25, 0.3) is 0 Å². The molecule has 0 unspecified atom stereocenters. The van der Waals surface area contributed by atoms with Crippen molar-refractivity contribution >= 4 is 17.2 Å². The molecule has 2 aromatic rings. The van der Waals surface area contributed by atoms with E-state index in [1.807, 2.05) is 18.4 Å². The van der Waals surface area contributed by atoms with Gasteiger partial charge in [-0.1, -0.05) is 0 Å². The van der Waals surface area contributed by atoms with Crippen LogP contribution in [0.25, 0.3) is 0 Å². The molecule has 8 heteroatoms. The van der Waals surface area contributed by atoms with Crippen LogP contribution < -0.4 is 0 Å². The standard InChI is InChI=1S/C14H21N5O2S/c1-10-12(16-11(2)22-10)7-14(20)18(3)8-13-17-15-9-19(13)5-6-21-4/h9H,5-8H2,1-4H3. The molecule has 2 rings (SSSR count). The first-order valence-corrected chi connectivity index (χ1v) is 7.85. The minimum Gasteiger partial charge on any atom is -0.383 e. The molecule has 0 aromatic carbocycles. The van der Waals surface area contributed by atoms with Crippen molar-refractivity contribution in [1.82, 2.24) is 24.6 Å². The van der Waals surface area contributed by atoms with Crippen LogP contribution in [-0.4, -0.2) is 51.3 Å². The Morgan fingerprint density at radius 2 is 2.23 bits per heavy atom. The summed E-state index contributed by atoms with van der Waals surface area (Å²) in [5.74, 6) is 0.772. The zero-order valence-electron chi connectivity index (χ0n) is 13.4. The zero-order chi connectivity index (χ0) is 16.1. The van der Waals surface area contributed by atoms with Gasteiger partial charge in [0.15, 0.2) is 5.82 Å². The lowest BCUT2D eigenvalue weighted by atomic mass is 10.2. The van der Waals surface area contributed by atoms with E-state index in [9.17, 15) is 4.79 Å². The first-order chi connectivity index (χ1) is 10.5. The van der Waals surface area contributed by atoms with Gasteiger partial charge in [0.1, 0.15) is 6.33 Å². The molecule has 0 fully saturated rings. The van der Waals surface area contributed by atoms with E-state index >= 15 is 0 Å². The molecule has 0 radical (unpaired) electrons. The highest BCUT2D eigenvalue weighted by Crippen LogP contribution is 2.17. The molecular formula is C14H21N5O2S. The Balaban J connectivity index is 1.96. The average Bonchev–Trinajstić information content (AvgIpc) is 3.03. The van der Waals surface area contributed by atoms with E-state index in [0.29, 0.717) is 26.1 Å². The third-order valence-corrected chi connectivity index (χ3v) is 4.28. The predicted molar refractivity (Wildman–Crippen MR) is 83.7 cm³/mol. The average molecular weight is 323 g/mol. The highest BCUT2D eigenvalue weighted by Gasteiger charge is 2.16. The number of amides is 1. The van der Waals surface area contributed by atoms with Gasteiger partial charge in [-0.2, -0.15) is 0 Å². The van der Waals surface area contributed by atoms with Crippen molar-refractivity contribution < 1.29 is 9.53 Å². The summed E-state index contributed by atoms with van der Waals surface area (Å²) < 4.78 is 6.95. The highest BCUT2D eigenvalue weighted by atomic mass is 32.1. The fraction of sp³-hybridized carbons (Fsp3) is 0.571. The van der Waals surface area contributed by atoms with Gasteiger partial charge in [-0.15, -0.1) is 21.5 Å². The Hall–Kier alpha value is -1.80. The third kappa shape index (κ3) is 4.11. The second kappa shape index (κ2) is 7.46. The van der Waals surface area contributed by atoms with E-state index in [1.165, 1.54) is 0 Å². The minimum atomic E-state index is 0.0229. The van der Waals surface area contributed by atoms with Gasteiger partial charge >= 0.3 is 0 Å². The van der Waals surface area contributed by atoms with Crippen LogP contribution in [0.4, 0.5) is 0 Å². The molecular weight excluding hydrogens is 302 g/mol.